The predicted octanol–water partition coefficient (Wildman–Crippen LogP) is 1.44. The van der Waals surface area contributed by atoms with Crippen LogP contribution in [0, 0.1) is 0 Å². The van der Waals surface area contributed by atoms with Crippen molar-refractivity contribution < 1.29 is 14.6 Å². The summed E-state index contributed by atoms with van der Waals surface area (Å²) in [7, 11) is 0. The van der Waals surface area contributed by atoms with Crippen molar-refractivity contribution >= 4 is 17.6 Å². The molecule has 4 heteroatoms. The van der Waals surface area contributed by atoms with E-state index in [9.17, 15) is 4.79 Å². The fourth-order valence-corrected chi connectivity index (χ4v) is 0.694. The molecule has 1 atom stereocenters. The normalized spacial score (nSPS) is 12.2. The van der Waals surface area contributed by atoms with E-state index in [0.717, 1.165) is 0 Å². The minimum atomic E-state index is -0.853. The standard InChI is InChI=1S/C8H13ClO3/c1-6(2)8(11)12-5-3-4-7(9)10/h7,10H,1,3-5H2,2H3. The van der Waals surface area contributed by atoms with E-state index in [2.05, 4.69) is 6.58 Å². The lowest BCUT2D eigenvalue weighted by atomic mass is 10.3. The summed E-state index contributed by atoms with van der Waals surface area (Å²) in [5, 5.41) is 8.63. The largest absolute Gasteiger partial charge is 0.462 e. The fourth-order valence-electron chi connectivity index (χ4n) is 0.540. The second-order valence-electron chi connectivity index (χ2n) is 2.49. The lowest BCUT2D eigenvalue weighted by Crippen LogP contribution is -2.07. The number of carbonyl (C=O) groups is 1. The van der Waals surface area contributed by atoms with Gasteiger partial charge < -0.3 is 9.84 Å². The van der Waals surface area contributed by atoms with Crippen molar-refractivity contribution in [1.29, 1.82) is 0 Å². The van der Waals surface area contributed by atoms with Gasteiger partial charge in [-0.25, -0.2) is 4.79 Å². The van der Waals surface area contributed by atoms with Crippen LogP contribution in [0.1, 0.15) is 19.8 Å². The van der Waals surface area contributed by atoms with Crippen molar-refractivity contribution in [2.24, 2.45) is 0 Å². The number of carbonyl (C=O) groups excluding carboxylic acids is 1. The van der Waals surface area contributed by atoms with Crippen molar-refractivity contribution in [2.75, 3.05) is 6.61 Å². The first kappa shape index (κ1) is 11.5. The third-order valence-corrected chi connectivity index (χ3v) is 1.39. The molecule has 0 bridgehead atoms. The van der Waals surface area contributed by atoms with Gasteiger partial charge in [0, 0.05) is 5.57 Å². The van der Waals surface area contributed by atoms with Crippen molar-refractivity contribution in [3.63, 3.8) is 0 Å². The van der Waals surface area contributed by atoms with E-state index < -0.39 is 11.5 Å². The minimum Gasteiger partial charge on any atom is -0.462 e. The summed E-state index contributed by atoms with van der Waals surface area (Å²) in [6.45, 7) is 5.27. The molecule has 0 heterocycles. The highest BCUT2D eigenvalue weighted by molar-refractivity contribution is 6.19. The summed E-state index contributed by atoms with van der Waals surface area (Å²) in [5.74, 6) is -0.404. The van der Waals surface area contributed by atoms with E-state index in [1.807, 2.05) is 0 Å². The summed E-state index contributed by atoms with van der Waals surface area (Å²) in [6.07, 6.45) is 0.981. The lowest BCUT2D eigenvalue weighted by molar-refractivity contribution is -0.139. The van der Waals surface area contributed by atoms with Crippen molar-refractivity contribution in [3.05, 3.63) is 12.2 Å². The number of aliphatic hydroxyl groups is 1. The smallest absolute Gasteiger partial charge is 0.333 e. The van der Waals surface area contributed by atoms with Crippen LogP contribution >= 0.6 is 11.6 Å². The third-order valence-electron chi connectivity index (χ3n) is 1.17. The number of esters is 1. The zero-order valence-electron chi connectivity index (χ0n) is 7.05. The molecule has 0 amide bonds. The van der Waals surface area contributed by atoms with Gasteiger partial charge >= 0.3 is 5.97 Å². The van der Waals surface area contributed by atoms with Gasteiger partial charge in [0.05, 0.1) is 6.61 Å². The van der Waals surface area contributed by atoms with Gasteiger partial charge in [-0.2, -0.15) is 0 Å². The Balaban J connectivity index is 3.32. The first-order valence-electron chi connectivity index (χ1n) is 3.69. The molecule has 0 aliphatic heterocycles. The summed E-state index contributed by atoms with van der Waals surface area (Å²) in [6, 6.07) is 0. The molecular formula is C8H13ClO3. The number of halogens is 1. The summed E-state index contributed by atoms with van der Waals surface area (Å²) in [4.78, 5) is 10.8. The van der Waals surface area contributed by atoms with Crippen LogP contribution in [0.3, 0.4) is 0 Å². The second-order valence-corrected chi connectivity index (χ2v) is 3.00. The number of alkyl halides is 1. The van der Waals surface area contributed by atoms with Crippen molar-refractivity contribution in [3.8, 4) is 0 Å². The van der Waals surface area contributed by atoms with Crippen LogP contribution < -0.4 is 0 Å². The van der Waals surface area contributed by atoms with Gasteiger partial charge in [-0.15, -0.1) is 0 Å². The van der Waals surface area contributed by atoms with Crippen LogP contribution in [0.5, 0.6) is 0 Å². The topological polar surface area (TPSA) is 46.5 Å². The Labute approximate surface area is 77.0 Å². The Hall–Kier alpha value is -0.540. The molecule has 12 heavy (non-hydrogen) atoms. The monoisotopic (exact) mass is 192 g/mol. The number of ether oxygens (including phenoxy) is 1. The maximum absolute atomic E-state index is 10.8. The summed E-state index contributed by atoms with van der Waals surface area (Å²) in [5.41, 5.74) is -0.477. The highest BCUT2D eigenvalue weighted by atomic mass is 35.5. The van der Waals surface area contributed by atoms with Gasteiger partial charge in [0.2, 0.25) is 0 Å². The molecule has 0 aromatic rings. The molecule has 0 spiro atoms. The lowest BCUT2D eigenvalue weighted by Gasteiger charge is -2.04. The molecule has 3 nitrogen and oxygen atoms in total. The number of aliphatic hydroxyl groups excluding tert-OH is 1. The molecule has 0 saturated heterocycles. The van der Waals surface area contributed by atoms with Crippen LogP contribution in [0.15, 0.2) is 12.2 Å². The number of rotatable bonds is 5. The minimum absolute atomic E-state index is 0.273. The average Bonchev–Trinajstić information content (AvgIpc) is 1.97. The Morgan fingerprint density at radius 2 is 2.33 bits per heavy atom. The molecule has 0 rings (SSSR count). The molecule has 1 N–H and O–H groups in total. The predicted molar refractivity (Wildman–Crippen MR) is 46.9 cm³/mol. The van der Waals surface area contributed by atoms with Gasteiger partial charge in [0.25, 0.3) is 0 Å². The number of hydrogen-bond acceptors (Lipinski definition) is 3. The molecule has 70 valence electrons. The maximum Gasteiger partial charge on any atom is 0.333 e. The van der Waals surface area contributed by atoms with Crippen molar-refractivity contribution in [2.45, 2.75) is 25.3 Å². The first-order valence-corrected chi connectivity index (χ1v) is 4.12. The van der Waals surface area contributed by atoms with Crippen LogP contribution in [0.4, 0.5) is 0 Å². The molecule has 0 saturated carbocycles. The molecular weight excluding hydrogens is 180 g/mol. The van der Waals surface area contributed by atoms with Gasteiger partial charge in [0.1, 0.15) is 5.56 Å². The third kappa shape index (κ3) is 6.19. The zero-order valence-corrected chi connectivity index (χ0v) is 7.80. The Morgan fingerprint density at radius 1 is 1.75 bits per heavy atom. The van der Waals surface area contributed by atoms with Gasteiger partial charge in [0.15, 0.2) is 0 Å². The average molecular weight is 193 g/mol. The van der Waals surface area contributed by atoms with E-state index in [0.29, 0.717) is 18.4 Å². The molecule has 1 unspecified atom stereocenters. The van der Waals surface area contributed by atoms with E-state index in [1.165, 1.54) is 0 Å². The highest BCUT2D eigenvalue weighted by Crippen LogP contribution is 2.02. The molecule has 0 aromatic carbocycles. The SMILES string of the molecule is C=C(C)C(=O)OCCCC(O)Cl. The van der Waals surface area contributed by atoms with E-state index in [-0.39, 0.29) is 6.61 Å². The van der Waals surface area contributed by atoms with E-state index in [4.69, 9.17) is 21.4 Å². The van der Waals surface area contributed by atoms with Crippen LogP contribution in [0.2, 0.25) is 0 Å². The Morgan fingerprint density at radius 3 is 2.75 bits per heavy atom. The molecule has 0 aromatic heterocycles. The number of hydrogen-bond donors (Lipinski definition) is 1. The fraction of sp³-hybridized carbons (Fsp3) is 0.625. The van der Waals surface area contributed by atoms with Gasteiger partial charge in [-0.05, 0) is 19.8 Å². The van der Waals surface area contributed by atoms with Crippen LogP contribution in [0.25, 0.3) is 0 Å². The molecule has 0 radical (unpaired) electrons. The second kappa shape index (κ2) is 6.03. The van der Waals surface area contributed by atoms with E-state index in [1.54, 1.807) is 6.92 Å². The van der Waals surface area contributed by atoms with Gasteiger partial charge in [-0.3, -0.25) is 0 Å². The molecule has 0 fully saturated rings. The van der Waals surface area contributed by atoms with Crippen LogP contribution in [-0.2, 0) is 9.53 Å². The van der Waals surface area contributed by atoms with E-state index >= 15 is 0 Å². The summed E-state index contributed by atoms with van der Waals surface area (Å²) >= 11 is 5.25. The van der Waals surface area contributed by atoms with Crippen LogP contribution in [-0.4, -0.2) is 23.2 Å². The Bertz CT molecular complexity index is 166. The quantitative estimate of drug-likeness (QED) is 0.310. The first-order chi connectivity index (χ1) is 5.54. The zero-order chi connectivity index (χ0) is 9.56. The summed E-state index contributed by atoms with van der Waals surface area (Å²) < 4.78 is 4.75. The maximum atomic E-state index is 10.8. The molecule has 0 aliphatic carbocycles. The highest BCUT2D eigenvalue weighted by Gasteiger charge is 2.03. The molecule has 0 aliphatic rings. The Kier molecular flexibility index (Phi) is 5.76. The van der Waals surface area contributed by atoms with Crippen molar-refractivity contribution in [1.82, 2.24) is 0 Å². The van der Waals surface area contributed by atoms with Gasteiger partial charge in [-0.1, -0.05) is 18.2 Å².